The molecule has 4 atom stereocenters. The molecule has 138 valence electrons. The lowest BCUT2D eigenvalue weighted by Gasteiger charge is -2.49. The highest BCUT2D eigenvalue weighted by molar-refractivity contribution is 5.76. The van der Waals surface area contributed by atoms with E-state index < -0.39 is 0 Å². The third-order valence-electron chi connectivity index (χ3n) is 5.87. The maximum Gasteiger partial charge on any atom is 0.254 e. The summed E-state index contributed by atoms with van der Waals surface area (Å²) in [6.07, 6.45) is 4.76. The number of fused-ring (bicyclic) bond motifs is 1. The van der Waals surface area contributed by atoms with Crippen LogP contribution in [0.1, 0.15) is 49.8 Å². The number of hydrogen-bond acceptors (Lipinski definition) is 4. The van der Waals surface area contributed by atoms with E-state index in [4.69, 9.17) is 9.26 Å². The molecule has 2 aliphatic carbocycles. The zero-order chi connectivity index (χ0) is 17.9. The van der Waals surface area contributed by atoms with Gasteiger partial charge in [0.2, 0.25) is 5.91 Å². The van der Waals surface area contributed by atoms with Crippen LogP contribution in [0.15, 0.2) is 40.9 Å². The topological polar surface area (TPSA) is 64.4 Å². The number of benzene rings is 1. The highest BCUT2D eigenvalue weighted by Gasteiger charge is 2.53. The second kappa shape index (κ2) is 7.52. The molecule has 1 heterocycles. The Balaban J connectivity index is 1.35. The van der Waals surface area contributed by atoms with Crippen molar-refractivity contribution in [3.05, 3.63) is 47.7 Å². The Kier molecular flexibility index (Phi) is 4.96. The first-order chi connectivity index (χ1) is 12.8. The molecule has 26 heavy (non-hydrogen) atoms. The molecule has 2 aliphatic rings. The molecule has 2 fully saturated rings. The molecule has 1 N–H and O–H groups in total. The van der Waals surface area contributed by atoms with Gasteiger partial charge in [-0.05, 0) is 42.3 Å². The fraction of sp³-hybridized carbons (Fsp3) is 0.524. The summed E-state index contributed by atoms with van der Waals surface area (Å²) in [4.78, 5) is 12.5. The van der Waals surface area contributed by atoms with Crippen molar-refractivity contribution in [1.82, 2.24) is 10.5 Å². The third kappa shape index (κ3) is 3.35. The molecule has 1 amide bonds. The van der Waals surface area contributed by atoms with Crippen molar-refractivity contribution in [2.75, 3.05) is 6.61 Å². The number of rotatable bonds is 7. The fourth-order valence-corrected chi connectivity index (χ4v) is 4.75. The predicted octanol–water partition coefficient (Wildman–Crippen LogP) is 3.70. The van der Waals surface area contributed by atoms with Gasteiger partial charge in [0.05, 0.1) is 6.61 Å². The molecule has 2 aromatic rings. The standard InChI is InChI=1S/C21H26N2O3/c1-2-25-19-13-15(26-23-19)11-12-18(24)22-21-17-10-6-9-16(17)20(21)14-7-4-3-5-8-14/h3-5,7-8,13,16-17,20-21H,2,6,9-12H2,1H3,(H,22,24). The highest BCUT2D eigenvalue weighted by Crippen LogP contribution is 2.55. The van der Waals surface area contributed by atoms with E-state index in [2.05, 4.69) is 40.8 Å². The van der Waals surface area contributed by atoms with Gasteiger partial charge in [0, 0.05) is 30.9 Å². The van der Waals surface area contributed by atoms with Gasteiger partial charge in [-0.2, -0.15) is 0 Å². The summed E-state index contributed by atoms with van der Waals surface area (Å²) in [6.45, 7) is 2.46. The van der Waals surface area contributed by atoms with Crippen LogP contribution < -0.4 is 10.1 Å². The lowest BCUT2D eigenvalue weighted by atomic mass is 9.60. The molecule has 0 spiro atoms. The molecule has 2 saturated carbocycles. The van der Waals surface area contributed by atoms with Crippen LogP contribution in [0.3, 0.4) is 0 Å². The smallest absolute Gasteiger partial charge is 0.254 e. The monoisotopic (exact) mass is 354 g/mol. The number of nitrogens with zero attached hydrogens (tertiary/aromatic N) is 1. The molecular formula is C21H26N2O3. The van der Waals surface area contributed by atoms with Gasteiger partial charge >= 0.3 is 0 Å². The summed E-state index contributed by atoms with van der Waals surface area (Å²) < 4.78 is 10.5. The minimum atomic E-state index is 0.0932. The number of hydrogen-bond donors (Lipinski definition) is 1. The summed E-state index contributed by atoms with van der Waals surface area (Å²) in [5.41, 5.74) is 1.36. The van der Waals surface area contributed by atoms with Gasteiger partial charge in [0.1, 0.15) is 5.76 Å². The molecule has 0 saturated heterocycles. The van der Waals surface area contributed by atoms with Crippen LogP contribution >= 0.6 is 0 Å². The summed E-state index contributed by atoms with van der Waals surface area (Å²) in [7, 11) is 0. The number of carbonyl (C=O) groups excluding carboxylic acids is 1. The SMILES string of the molecule is CCOc1cc(CCC(=O)NC2C3CCCC3C2c2ccccc2)on1. The Hall–Kier alpha value is -2.30. The van der Waals surface area contributed by atoms with Crippen LogP contribution in [0.4, 0.5) is 0 Å². The summed E-state index contributed by atoms with van der Waals surface area (Å²) in [5.74, 6) is 3.10. The number of amides is 1. The van der Waals surface area contributed by atoms with E-state index in [0.717, 1.165) is 5.92 Å². The van der Waals surface area contributed by atoms with Crippen molar-refractivity contribution >= 4 is 5.91 Å². The third-order valence-corrected chi connectivity index (χ3v) is 5.87. The summed E-state index contributed by atoms with van der Waals surface area (Å²) in [6, 6.07) is 12.7. The number of aromatic nitrogens is 1. The van der Waals surface area contributed by atoms with Crippen molar-refractivity contribution in [1.29, 1.82) is 0 Å². The molecule has 5 nitrogen and oxygen atoms in total. The van der Waals surface area contributed by atoms with Gasteiger partial charge < -0.3 is 14.6 Å². The van der Waals surface area contributed by atoms with Gasteiger partial charge in [0.25, 0.3) is 5.88 Å². The van der Waals surface area contributed by atoms with E-state index >= 15 is 0 Å². The predicted molar refractivity (Wildman–Crippen MR) is 97.9 cm³/mol. The zero-order valence-electron chi connectivity index (χ0n) is 15.2. The van der Waals surface area contributed by atoms with E-state index in [1.54, 1.807) is 6.07 Å². The first kappa shape index (κ1) is 17.1. The second-order valence-electron chi connectivity index (χ2n) is 7.35. The highest BCUT2D eigenvalue weighted by atomic mass is 16.5. The van der Waals surface area contributed by atoms with E-state index in [0.29, 0.717) is 42.9 Å². The Morgan fingerprint density at radius 3 is 2.88 bits per heavy atom. The van der Waals surface area contributed by atoms with Crippen LogP contribution in [0.5, 0.6) is 5.88 Å². The maximum atomic E-state index is 12.5. The normalized spacial score (nSPS) is 26.8. The number of nitrogens with one attached hydrogen (secondary N) is 1. The van der Waals surface area contributed by atoms with Crippen molar-refractivity contribution in [2.24, 2.45) is 11.8 Å². The largest absolute Gasteiger partial charge is 0.476 e. The van der Waals surface area contributed by atoms with Crippen LogP contribution in [0, 0.1) is 11.8 Å². The lowest BCUT2D eigenvalue weighted by Crippen LogP contribution is -2.56. The molecule has 1 aromatic carbocycles. The second-order valence-corrected chi connectivity index (χ2v) is 7.35. The minimum Gasteiger partial charge on any atom is -0.476 e. The van der Waals surface area contributed by atoms with Crippen molar-refractivity contribution < 1.29 is 14.1 Å². The molecule has 0 bridgehead atoms. The first-order valence-corrected chi connectivity index (χ1v) is 9.69. The minimum absolute atomic E-state index is 0.0932. The molecular weight excluding hydrogens is 328 g/mol. The molecule has 0 radical (unpaired) electrons. The Morgan fingerprint density at radius 2 is 2.08 bits per heavy atom. The van der Waals surface area contributed by atoms with Crippen LogP contribution in [0.2, 0.25) is 0 Å². The van der Waals surface area contributed by atoms with Crippen molar-refractivity contribution in [2.45, 2.75) is 51.0 Å². The molecule has 1 aromatic heterocycles. The van der Waals surface area contributed by atoms with Gasteiger partial charge in [-0.15, -0.1) is 0 Å². The van der Waals surface area contributed by atoms with Crippen LogP contribution in [0.25, 0.3) is 0 Å². The Labute approximate surface area is 154 Å². The van der Waals surface area contributed by atoms with Gasteiger partial charge in [0.15, 0.2) is 0 Å². The average molecular weight is 354 g/mol. The van der Waals surface area contributed by atoms with E-state index in [1.165, 1.54) is 24.8 Å². The number of aryl methyl sites for hydroxylation is 1. The molecule has 4 rings (SSSR count). The lowest BCUT2D eigenvalue weighted by molar-refractivity contribution is -0.124. The Bertz CT molecular complexity index is 743. The first-order valence-electron chi connectivity index (χ1n) is 9.69. The Morgan fingerprint density at radius 1 is 1.27 bits per heavy atom. The quantitative estimate of drug-likeness (QED) is 0.823. The van der Waals surface area contributed by atoms with E-state index in [9.17, 15) is 4.79 Å². The zero-order valence-corrected chi connectivity index (χ0v) is 15.2. The summed E-state index contributed by atoms with van der Waals surface area (Å²) >= 11 is 0. The fourth-order valence-electron chi connectivity index (χ4n) is 4.75. The molecule has 4 unspecified atom stereocenters. The van der Waals surface area contributed by atoms with Crippen molar-refractivity contribution in [3.63, 3.8) is 0 Å². The average Bonchev–Trinajstić information content (AvgIpc) is 3.27. The van der Waals surface area contributed by atoms with Gasteiger partial charge in [-0.3, -0.25) is 4.79 Å². The van der Waals surface area contributed by atoms with E-state index in [1.807, 2.05) is 6.92 Å². The van der Waals surface area contributed by atoms with Gasteiger partial charge in [-0.1, -0.05) is 36.8 Å². The number of ether oxygens (including phenoxy) is 1. The molecule has 0 aliphatic heterocycles. The van der Waals surface area contributed by atoms with Gasteiger partial charge in [-0.25, -0.2) is 0 Å². The maximum absolute atomic E-state index is 12.5. The van der Waals surface area contributed by atoms with Crippen molar-refractivity contribution in [3.8, 4) is 5.88 Å². The number of carbonyl (C=O) groups is 1. The van der Waals surface area contributed by atoms with E-state index in [-0.39, 0.29) is 11.9 Å². The molecule has 5 heteroatoms. The van der Waals surface area contributed by atoms with Crippen LogP contribution in [-0.2, 0) is 11.2 Å². The van der Waals surface area contributed by atoms with Crippen LogP contribution in [-0.4, -0.2) is 23.7 Å². The summed E-state index contributed by atoms with van der Waals surface area (Å²) in [5, 5.41) is 7.14.